The van der Waals surface area contributed by atoms with Crippen LogP contribution < -0.4 is 4.40 Å². The topological polar surface area (TPSA) is 9.03 Å². The number of hydrogen-bond acceptors (Lipinski definition) is 0. The molecule has 1 aromatic carbocycles. The van der Waals surface area contributed by atoms with Crippen molar-refractivity contribution in [1.82, 2.24) is 4.57 Å². The monoisotopic (exact) mass is 237 g/mol. The van der Waals surface area contributed by atoms with Crippen molar-refractivity contribution in [2.45, 2.75) is 20.4 Å². The number of benzene rings is 1. The average Bonchev–Trinajstić information content (AvgIpc) is 2.77. The van der Waals surface area contributed by atoms with Crippen molar-refractivity contribution in [2.75, 3.05) is 0 Å². The second-order valence-corrected chi connectivity index (χ2v) is 4.59. The van der Waals surface area contributed by atoms with Gasteiger partial charge >= 0.3 is 0 Å². The van der Waals surface area contributed by atoms with E-state index in [0.717, 1.165) is 6.54 Å². The molecule has 0 atom stereocenters. The number of rotatable bonds is 2. The summed E-state index contributed by atoms with van der Waals surface area (Å²) in [6, 6.07) is 14.9. The van der Waals surface area contributed by atoms with Crippen molar-refractivity contribution in [3.63, 3.8) is 0 Å². The van der Waals surface area contributed by atoms with Gasteiger partial charge in [0.1, 0.15) is 6.20 Å². The fourth-order valence-corrected chi connectivity index (χ4v) is 2.42. The van der Waals surface area contributed by atoms with Crippen LogP contribution in [0.3, 0.4) is 0 Å². The first kappa shape index (κ1) is 11.0. The van der Waals surface area contributed by atoms with E-state index in [1.807, 2.05) is 0 Å². The maximum absolute atomic E-state index is 2.35. The molecule has 0 aliphatic heterocycles. The van der Waals surface area contributed by atoms with Gasteiger partial charge in [-0.2, -0.15) is 0 Å². The summed E-state index contributed by atoms with van der Waals surface area (Å²) in [5, 5.41) is 0. The van der Waals surface area contributed by atoms with Crippen molar-refractivity contribution >= 4 is 5.65 Å². The zero-order valence-corrected chi connectivity index (χ0v) is 10.8. The molecule has 0 fully saturated rings. The zero-order chi connectivity index (χ0) is 12.5. The minimum atomic E-state index is 0.976. The van der Waals surface area contributed by atoms with Crippen molar-refractivity contribution in [2.24, 2.45) is 0 Å². The summed E-state index contributed by atoms with van der Waals surface area (Å²) in [7, 11) is 0. The molecule has 0 aliphatic carbocycles. The van der Waals surface area contributed by atoms with Gasteiger partial charge in [0.15, 0.2) is 5.69 Å². The van der Waals surface area contributed by atoms with Gasteiger partial charge in [0.2, 0.25) is 0 Å². The lowest BCUT2D eigenvalue weighted by atomic mass is 10.2. The molecule has 0 unspecified atom stereocenters. The predicted octanol–water partition coefficient (Wildman–Crippen LogP) is 3.22. The van der Waals surface area contributed by atoms with Crippen LogP contribution in [-0.2, 0) is 6.54 Å². The summed E-state index contributed by atoms with van der Waals surface area (Å²) >= 11 is 0. The minimum absolute atomic E-state index is 0.976. The SMILES string of the molecule is CCn1c(-c2ccccc2)c[n+]2ccc(C)cc12. The number of imidazole rings is 1. The van der Waals surface area contributed by atoms with Gasteiger partial charge in [-0.3, -0.25) is 0 Å². The Morgan fingerprint density at radius 1 is 1.11 bits per heavy atom. The molecule has 0 N–H and O–H groups in total. The maximum atomic E-state index is 2.35. The van der Waals surface area contributed by atoms with Crippen LogP contribution in [0, 0.1) is 6.92 Å². The van der Waals surface area contributed by atoms with E-state index in [0.29, 0.717) is 0 Å². The van der Waals surface area contributed by atoms with Gasteiger partial charge in [-0.25, -0.2) is 8.97 Å². The summed E-state index contributed by atoms with van der Waals surface area (Å²) in [6.45, 7) is 5.30. The zero-order valence-electron chi connectivity index (χ0n) is 10.8. The Labute approximate surface area is 107 Å². The molecule has 90 valence electrons. The van der Waals surface area contributed by atoms with Crippen LogP contribution in [0.25, 0.3) is 16.9 Å². The molecule has 0 spiro atoms. The van der Waals surface area contributed by atoms with Gasteiger partial charge in [0.05, 0.1) is 12.7 Å². The van der Waals surface area contributed by atoms with Crippen molar-refractivity contribution in [1.29, 1.82) is 0 Å². The summed E-state index contributed by atoms with van der Waals surface area (Å²) < 4.78 is 4.54. The van der Waals surface area contributed by atoms with Crippen LogP contribution in [0.15, 0.2) is 54.9 Å². The van der Waals surface area contributed by atoms with Crippen LogP contribution in [0.1, 0.15) is 12.5 Å². The van der Waals surface area contributed by atoms with Gasteiger partial charge in [-0.05, 0) is 25.5 Å². The van der Waals surface area contributed by atoms with Crippen molar-refractivity contribution < 1.29 is 4.40 Å². The van der Waals surface area contributed by atoms with E-state index >= 15 is 0 Å². The third kappa shape index (κ3) is 1.70. The highest BCUT2D eigenvalue weighted by atomic mass is 15.1. The van der Waals surface area contributed by atoms with E-state index in [1.165, 1.54) is 22.5 Å². The van der Waals surface area contributed by atoms with Crippen LogP contribution >= 0.6 is 0 Å². The standard InChI is InChI=1S/C16H17N2/c1-3-18-15(14-7-5-4-6-8-14)12-17-10-9-13(2)11-16(17)18/h4-12H,3H2,1-2H3/q+1. The highest BCUT2D eigenvalue weighted by Gasteiger charge is 2.17. The van der Waals surface area contributed by atoms with Crippen LogP contribution in [-0.4, -0.2) is 4.57 Å². The van der Waals surface area contributed by atoms with Crippen LogP contribution in [0.5, 0.6) is 0 Å². The van der Waals surface area contributed by atoms with E-state index in [9.17, 15) is 0 Å². The lowest BCUT2D eigenvalue weighted by Gasteiger charge is -1.99. The first-order chi connectivity index (χ1) is 8.79. The molecular weight excluding hydrogens is 220 g/mol. The van der Waals surface area contributed by atoms with Gasteiger partial charge in [0, 0.05) is 11.6 Å². The fourth-order valence-electron chi connectivity index (χ4n) is 2.42. The number of aryl methyl sites for hydroxylation is 2. The number of hydrogen-bond donors (Lipinski definition) is 0. The molecule has 0 bridgehead atoms. The largest absolute Gasteiger partial charge is 0.286 e. The van der Waals surface area contributed by atoms with E-state index in [-0.39, 0.29) is 0 Å². The first-order valence-corrected chi connectivity index (χ1v) is 6.36. The van der Waals surface area contributed by atoms with Gasteiger partial charge < -0.3 is 0 Å². The Morgan fingerprint density at radius 2 is 1.89 bits per heavy atom. The molecule has 3 aromatic rings. The summed E-state index contributed by atoms with van der Waals surface area (Å²) in [5.74, 6) is 0. The number of aromatic nitrogens is 2. The number of pyridine rings is 1. The third-order valence-corrected chi connectivity index (χ3v) is 3.33. The molecule has 0 saturated carbocycles. The fraction of sp³-hybridized carbons (Fsp3) is 0.188. The Balaban J connectivity index is 2.30. The highest BCUT2D eigenvalue weighted by molar-refractivity contribution is 5.61. The van der Waals surface area contributed by atoms with E-state index < -0.39 is 0 Å². The Hall–Kier alpha value is -2.09. The second kappa shape index (κ2) is 4.30. The highest BCUT2D eigenvalue weighted by Crippen LogP contribution is 2.20. The maximum Gasteiger partial charge on any atom is 0.286 e. The molecule has 2 aromatic heterocycles. The summed E-state index contributed by atoms with van der Waals surface area (Å²) in [5.41, 5.74) is 5.07. The molecule has 18 heavy (non-hydrogen) atoms. The third-order valence-electron chi connectivity index (χ3n) is 3.33. The Bertz CT molecular complexity index is 681. The summed E-state index contributed by atoms with van der Waals surface area (Å²) in [4.78, 5) is 0. The number of nitrogens with zero attached hydrogens (tertiary/aromatic N) is 2. The quantitative estimate of drug-likeness (QED) is 0.605. The molecule has 2 heterocycles. The molecule has 0 aliphatic rings. The van der Waals surface area contributed by atoms with Crippen LogP contribution in [0.4, 0.5) is 0 Å². The predicted molar refractivity (Wildman–Crippen MR) is 73.4 cm³/mol. The van der Waals surface area contributed by atoms with E-state index in [2.05, 4.69) is 77.7 Å². The van der Waals surface area contributed by atoms with E-state index in [4.69, 9.17) is 0 Å². The summed E-state index contributed by atoms with van der Waals surface area (Å²) in [6.07, 6.45) is 4.33. The van der Waals surface area contributed by atoms with Crippen molar-refractivity contribution in [3.05, 3.63) is 60.4 Å². The first-order valence-electron chi connectivity index (χ1n) is 6.36. The lowest BCUT2D eigenvalue weighted by molar-refractivity contribution is -0.510. The second-order valence-electron chi connectivity index (χ2n) is 4.59. The molecule has 0 amide bonds. The Kier molecular flexibility index (Phi) is 2.63. The average molecular weight is 237 g/mol. The molecule has 0 radical (unpaired) electrons. The van der Waals surface area contributed by atoms with Gasteiger partial charge in [0.25, 0.3) is 5.65 Å². The van der Waals surface area contributed by atoms with Crippen molar-refractivity contribution in [3.8, 4) is 11.3 Å². The van der Waals surface area contributed by atoms with Gasteiger partial charge in [-0.15, -0.1) is 0 Å². The lowest BCUT2D eigenvalue weighted by Crippen LogP contribution is -2.18. The van der Waals surface area contributed by atoms with Crippen LogP contribution in [0.2, 0.25) is 0 Å². The Morgan fingerprint density at radius 3 is 2.61 bits per heavy atom. The molecular formula is C16H17N2+. The molecule has 3 rings (SSSR count). The molecule has 0 saturated heterocycles. The van der Waals surface area contributed by atoms with E-state index in [1.54, 1.807) is 0 Å². The molecule has 2 heteroatoms. The van der Waals surface area contributed by atoms with Gasteiger partial charge in [-0.1, -0.05) is 30.3 Å². The minimum Gasteiger partial charge on any atom is -0.223 e. The normalized spacial score (nSPS) is 11.0. The number of fused-ring (bicyclic) bond motifs is 1. The smallest absolute Gasteiger partial charge is 0.223 e. The molecule has 2 nitrogen and oxygen atoms in total.